The summed E-state index contributed by atoms with van der Waals surface area (Å²) in [4.78, 5) is 11.2. The van der Waals surface area contributed by atoms with Crippen molar-refractivity contribution >= 4 is 5.97 Å². The molecule has 110 valence electrons. The lowest BCUT2D eigenvalue weighted by Crippen LogP contribution is -2.07. The van der Waals surface area contributed by atoms with E-state index in [1.165, 1.54) is 12.1 Å². The van der Waals surface area contributed by atoms with E-state index >= 15 is 0 Å². The summed E-state index contributed by atoms with van der Waals surface area (Å²) < 4.78 is 19.1. The van der Waals surface area contributed by atoms with Gasteiger partial charge in [0.05, 0.1) is 5.56 Å². The van der Waals surface area contributed by atoms with Crippen molar-refractivity contribution in [1.82, 2.24) is 0 Å². The van der Waals surface area contributed by atoms with Crippen LogP contribution in [0.3, 0.4) is 0 Å². The van der Waals surface area contributed by atoms with Crippen molar-refractivity contribution in [2.45, 2.75) is 27.4 Å². The van der Waals surface area contributed by atoms with Gasteiger partial charge in [0.1, 0.15) is 18.2 Å². The van der Waals surface area contributed by atoms with Crippen LogP contribution in [0.1, 0.15) is 32.6 Å². The average Bonchev–Trinajstić information content (AvgIpc) is 2.43. The van der Waals surface area contributed by atoms with E-state index in [1.54, 1.807) is 0 Å². The summed E-state index contributed by atoms with van der Waals surface area (Å²) in [7, 11) is 0. The van der Waals surface area contributed by atoms with E-state index < -0.39 is 11.8 Å². The van der Waals surface area contributed by atoms with Gasteiger partial charge in [0.2, 0.25) is 0 Å². The number of rotatable bonds is 4. The molecule has 0 amide bonds. The summed E-state index contributed by atoms with van der Waals surface area (Å²) in [5.41, 5.74) is 3.44. The summed E-state index contributed by atoms with van der Waals surface area (Å²) in [6.07, 6.45) is 0. The van der Waals surface area contributed by atoms with Crippen LogP contribution >= 0.6 is 0 Å². The molecule has 0 aliphatic heterocycles. The van der Waals surface area contributed by atoms with Gasteiger partial charge in [-0.25, -0.2) is 9.18 Å². The van der Waals surface area contributed by atoms with Crippen molar-refractivity contribution in [3.8, 4) is 5.75 Å². The maximum absolute atomic E-state index is 13.3. The van der Waals surface area contributed by atoms with Gasteiger partial charge in [-0.1, -0.05) is 12.1 Å². The number of benzene rings is 2. The number of halogens is 1. The van der Waals surface area contributed by atoms with E-state index in [0.717, 1.165) is 28.5 Å². The third-order valence-corrected chi connectivity index (χ3v) is 3.54. The average molecular weight is 288 g/mol. The molecule has 3 nitrogen and oxygen atoms in total. The lowest BCUT2D eigenvalue weighted by Gasteiger charge is -2.15. The van der Waals surface area contributed by atoms with Crippen LogP contribution in [0.15, 0.2) is 30.3 Å². The van der Waals surface area contributed by atoms with Gasteiger partial charge in [-0.05, 0) is 55.7 Å². The molecule has 2 rings (SSSR count). The minimum Gasteiger partial charge on any atom is -0.488 e. The smallest absolute Gasteiger partial charge is 0.336 e. The number of ether oxygens (including phenoxy) is 1. The van der Waals surface area contributed by atoms with Crippen LogP contribution in [0, 0.1) is 26.6 Å². The number of carboxylic acid groups (broad SMARTS) is 1. The second kappa shape index (κ2) is 5.95. The van der Waals surface area contributed by atoms with Crippen molar-refractivity contribution in [2.75, 3.05) is 0 Å². The molecule has 0 fully saturated rings. The van der Waals surface area contributed by atoms with Gasteiger partial charge < -0.3 is 9.84 Å². The molecule has 0 heterocycles. The number of aryl methyl sites for hydroxylation is 2. The standard InChI is InChI=1S/C17H17FO3/c1-10-4-5-11(2)16(12(10)3)21-9-13-8-14(18)6-7-15(13)17(19)20/h4-8H,9H2,1-3H3,(H,19,20). The summed E-state index contributed by atoms with van der Waals surface area (Å²) in [5.74, 6) is -0.849. The fourth-order valence-corrected chi connectivity index (χ4v) is 2.19. The first-order chi connectivity index (χ1) is 9.90. The van der Waals surface area contributed by atoms with Crippen LogP contribution in [0.2, 0.25) is 0 Å². The van der Waals surface area contributed by atoms with Crippen molar-refractivity contribution in [3.63, 3.8) is 0 Å². The SMILES string of the molecule is Cc1ccc(C)c(OCc2cc(F)ccc2C(=O)O)c1C. The summed E-state index contributed by atoms with van der Waals surface area (Å²) in [6.45, 7) is 5.86. The highest BCUT2D eigenvalue weighted by atomic mass is 19.1. The largest absolute Gasteiger partial charge is 0.488 e. The zero-order valence-electron chi connectivity index (χ0n) is 12.2. The zero-order valence-corrected chi connectivity index (χ0v) is 12.2. The Balaban J connectivity index is 2.31. The molecule has 0 aliphatic carbocycles. The van der Waals surface area contributed by atoms with Gasteiger partial charge in [0.15, 0.2) is 0 Å². The fourth-order valence-electron chi connectivity index (χ4n) is 2.19. The molecule has 0 unspecified atom stereocenters. The first kappa shape index (κ1) is 15.0. The third-order valence-electron chi connectivity index (χ3n) is 3.54. The maximum atomic E-state index is 13.3. The number of carboxylic acids is 1. The molecule has 1 N–H and O–H groups in total. The molecule has 0 bridgehead atoms. The highest BCUT2D eigenvalue weighted by Gasteiger charge is 2.13. The quantitative estimate of drug-likeness (QED) is 0.924. The highest BCUT2D eigenvalue weighted by Crippen LogP contribution is 2.27. The van der Waals surface area contributed by atoms with E-state index in [1.807, 2.05) is 32.9 Å². The van der Waals surface area contributed by atoms with Gasteiger partial charge in [-0.15, -0.1) is 0 Å². The van der Waals surface area contributed by atoms with Crippen LogP contribution in [0.4, 0.5) is 4.39 Å². The topological polar surface area (TPSA) is 46.5 Å². The molecule has 0 radical (unpaired) electrons. The van der Waals surface area contributed by atoms with Crippen molar-refractivity contribution in [2.24, 2.45) is 0 Å². The van der Waals surface area contributed by atoms with Gasteiger partial charge in [-0.3, -0.25) is 0 Å². The van der Waals surface area contributed by atoms with E-state index in [0.29, 0.717) is 5.56 Å². The van der Waals surface area contributed by atoms with E-state index in [9.17, 15) is 9.18 Å². The summed E-state index contributed by atoms with van der Waals surface area (Å²) in [5, 5.41) is 9.13. The molecule has 2 aromatic carbocycles. The first-order valence-corrected chi connectivity index (χ1v) is 6.61. The zero-order chi connectivity index (χ0) is 15.6. The molecular formula is C17H17FO3. The second-order valence-corrected chi connectivity index (χ2v) is 5.05. The monoisotopic (exact) mass is 288 g/mol. The Morgan fingerprint density at radius 2 is 1.81 bits per heavy atom. The summed E-state index contributed by atoms with van der Waals surface area (Å²) >= 11 is 0. The van der Waals surface area contributed by atoms with Gasteiger partial charge in [0.25, 0.3) is 0 Å². The summed E-state index contributed by atoms with van der Waals surface area (Å²) in [6, 6.07) is 7.54. The lowest BCUT2D eigenvalue weighted by atomic mass is 10.0. The first-order valence-electron chi connectivity index (χ1n) is 6.61. The van der Waals surface area contributed by atoms with Crippen LogP contribution in [0.5, 0.6) is 5.75 Å². The molecule has 4 heteroatoms. The molecule has 0 saturated carbocycles. The number of aromatic carboxylic acids is 1. The van der Waals surface area contributed by atoms with Gasteiger partial charge in [-0.2, -0.15) is 0 Å². The minimum atomic E-state index is -1.09. The maximum Gasteiger partial charge on any atom is 0.336 e. The Morgan fingerprint density at radius 1 is 1.14 bits per heavy atom. The van der Waals surface area contributed by atoms with Crippen molar-refractivity contribution in [1.29, 1.82) is 0 Å². The van der Waals surface area contributed by atoms with Crippen LogP contribution in [-0.2, 0) is 6.61 Å². The predicted octanol–water partition coefficient (Wildman–Crippen LogP) is 4.03. The Kier molecular flexibility index (Phi) is 4.26. The van der Waals surface area contributed by atoms with E-state index in [2.05, 4.69) is 0 Å². The predicted molar refractivity (Wildman–Crippen MR) is 78.3 cm³/mol. The molecule has 21 heavy (non-hydrogen) atoms. The van der Waals surface area contributed by atoms with Crippen LogP contribution in [-0.4, -0.2) is 11.1 Å². The Hall–Kier alpha value is -2.36. The third kappa shape index (κ3) is 3.21. The lowest BCUT2D eigenvalue weighted by molar-refractivity contribution is 0.0694. The molecule has 2 aromatic rings. The van der Waals surface area contributed by atoms with Gasteiger partial charge in [0, 0.05) is 5.56 Å². The number of carbonyl (C=O) groups is 1. The van der Waals surface area contributed by atoms with Gasteiger partial charge >= 0.3 is 5.97 Å². The van der Waals surface area contributed by atoms with Crippen LogP contribution in [0.25, 0.3) is 0 Å². The molecule has 0 spiro atoms. The molecule has 0 aliphatic rings. The minimum absolute atomic E-state index is 0.0184. The second-order valence-electron chi connectivity index (χ2n) is 5.05. The number of hydrogen-bond acceptors (Lipinski definition) is 2. The normalized spacial score (nSPS) is 10.5. The molecular weight excluding hydrogens is 271 g/mol. The van der Waals surface area contributed by atoms with E-state index in [-0.39, 0.29) is 12.2 Å². The fraction of sp³-hybridized carbons (Fsp3) is 0.235. The van der Waals surface area contributed by atoms with E-state index in [4.69, 9.17) is 9.84 Å². The van der Waals surface area contributed by atoms with Crippen molar-refractivity contribution in [3.05, 3.63) is 64.0 Å². The van der Waals surface area contributed by atoms with Crippen molar-refractivity contribution < 1.29 is 19.0 Å². The number of hydrogen-bond donors (Lipinski definition) is 1. The molecule has 0 aromatic heterocycles. The van der Waals surface area contributed by atoms with Crippen LogP contribution < -0.4 is 4.74 Å². The Labute approximate surface area is 123 Å². The Bertz CT molecular complexity index is 693. The highest BCUT2D eigenvalue weighted by molar-refractivity contribution is 5.89. The molecule has 0 saturated heterocycles. The molecule has 0 atom stereocenters. The Morgan fingerprint density at radius 3 is 2.48 bits per heavy atom.